The molecule has 0 aliphatic heterocycles. The Bertz CT molecular complexity index is 559. The molecule has 0 spiro atoms. The van der Waals surface area contributed by atoms with E-state index in [1.54, 1.807) is 0 Å². The summed E-state index contributed by atoms with van der Waals surface area (Å²) in [6.45, 7) is 0. The van der Waals surface area contributed by atoms with Gasteiger partial charge in [-0.25, -0.2) is 8.42 Å². The summed E-state index contributed by atoms with van der Waals surface area (Å²) in [7, 11) is -3.76. The van der Waals surface area contributed by atoms with E-state index in [-0.39, 0.29) is 10.7 Å². The Morgan fingerprint density at radius 1 is 1.40 bits per heavy atom. The fourth-order valence-electron chi connectivity index (χ4n) is 2.54. The summed E-state index contributed by atoms with van der Waals surface area (Å²) in [5.41, 5.74) is 4.74. The van der Waals surface area contributed by atoms with Gasteiger partial charge in [-0.2, -0.15) is 9.82 Å². The van der Waals surface area contributed by atoms with Crippen LogP contribution >= 0.6 is 0 Å². The van der Waals surface area contributed by atoms with Crippen LogP contribution in [0.4, 0.5) is 0 Å². The number of oxime groups is 1. The molecule has 112 valence electrons. The zero-order chi connectivity index (χ0) is 14.6. The number of aromatic amines is 1. The number of nitrogens with two attached hydrogens (primary N) is 1. The maximum atomic E-state index is 12.3. The molecule has 5 N–H and O–H groups in total. The maximum Gasteiger partial charge on any atom is 0.244 e. The molecular weight excluding hydrogens is 282 g/mol. The van der Waals surface area contributed by atoms with Crippen LogP contribution in [0, 0.1) is 0 Å². The van der Waals surface area contributed by atoms with E-state index in [1.165, 1.54) is 12.4 Å². The molecule has 0 aromatic carbocycles. The van der Waals surface area contributed by atoms with Crippen molar-refractivity contribution in [1.82, 2.24) is 14.9 Å². The van der Waals surface area contributed by atoms with Crippen LogP contribution in [0.25, 0.3) is 0 Å². The second-order valence-electron chi connectivity index (χ2n) is 5.02. The van der Waals surface area contributed by atoms with Crippen molar-refractivity contribution >= 4 is 15.9 Å². The van der Waals surface area contributed by atoms with Gasteiger partial charge in [0, 0.05) is 6.20 Å². The summed E-state index contributed by atoms with van der Waals surface area (Å²) >= 11 is 0. The third-order valence-electron chi connectivity index (χ3n) is 3.67. The number of hydrogen-bond donors (Lipinski definition) is 4. The highest BCUT2D eigenvalue weighted by atomic mass is 32.2. The summed E-state index contributed by atoms with van der Waals surface area (Å²) in [4.78, 5) is 0.0341. The van der Waals surface area contributed by atoms with E-state index in [0.29, 0.717) is 12.8 Å². The lowest BCUT2D eigenvalue weighted by atomic mass is 9.90. The van der Waals surface area contributed by atoms with Gasteiger partial charge in [0.15, 0.2) is 5.84 Å². The number of amidine groups is 1. The number of nitrogens with one attached hydrogen (secondary N) is 2. The van der Waals surface area contributed by atoms with Gasteiger partial charge in [0.25, 0.3) is 0 Å². The predicted molar refractivity (Wildman–Crippen MR) is 72.8 cm³/mol. The van der Waals surface area contributed by atoms with Crippen molar-refractivity contribution < 1.29 is 13.6 Å². The van der Waals surface area contributed by atoms with E-state index < -0.39 is 15.6 Å². The van der Waals surface area contributed by atoms with Crippen molar-refractivity contribution in [2.45, 2.75) is 49.0 Å². The first-order valence-electron chi connectivity index (χ1n) is 6.51. The summed E-state index contributed by atoms with van der Waals surface area (Å²) in [5.74, 6) is -0.0912. The summed E-state index contributed by atoms with van der Waals surface area (Å²) in [6.07, 6.45) is 7.20. The molecule has 0 radical (unpaired) electrons. The van der Waals surface area contributed by atoms with Gasteiger partial charge in [0.2, 0.25) is 10.0 Å². The number of nitrogens with zero attached hydrogens (tertiary/aromatic N) is 2. The average Bonchev–Trinajstić information content (AvgIpc) is 2.87. The standard InChI is InChI=1S/C11H19N5O3S/c12-10(15-17)11(5-3-1-2-4-6-11)16-20(18,19)9-7-13-14-8-9/h7-8,16-17H,1-6H2,(H2,12,15)(H,13,14). The van der Waals surface area contributed by atoms with Gasteiger partial charge in [-0.05, 0) is 12.8 Å². The number of hydrogen-bond acceptors (Lipinski definition) is 5. The number of sulfonamides is 1. The van der Waals surface area contributed by atoms with Crippen molar-refractivity contribution in [2.24, 2.45) is 10.9 Å². The highest BCUT2D eigenvalue weighted by Gasteiger charge is 2.40. The zero-order valence-corrected chi connectivity index (χ0v) is 11.9. The molecule has 1 saturated carbocycles. The lowest BCUT2D eigenvalue weighted by Gasteiger charge is -2.31. The van der Waals surface area contributed by atoms with Gasteiger partial charge < -0.3 is 10.9 Å². The number of aromatic nitrogens is 2. The molecule has 0 amide bonds. The lowest BCUT2D eigenvalue weighted by molar-refractivity contribution is 0.306. The molecule has 1 aromatic rings. The minimum absolute atomic E-state index is 0.0341. The van der Waals surface area contributed by atoms with Crippen LogP contribution in [0.2, 0.25) is 0 Å². The third-order valence-corrected chi connectivity index (χ3v) is 5.17. The maximum absolute atomic E-state index is 12.3. The van der Waals surface area contributed by atoms with Crippen LogP contribution < -0.4 is 10.5 Å². The normalized spacial score (nSPS) is 20.5. The Morgan fingerprint density at radius 3 is 2.55 bits per heavy atom. The molecule has 0 bridgehead atoms. The molecular formula is C11H19N5O3S. The smallest absolute Gasteiger partial charge is 0.244 e. The monoisotopic (exact) mass is 301 g/mol. The van der Waals surface area contributed by atoms with Crippen LogP contribution in [-0.4, -0.2) is 35.2 Å². The molecule has 2 rings (SSSR count). The van der Waals surface area contributed by atoms with Crippen molar-refractivity contribution in [3.05, 3.63) is 12.4 Å². The van der Waals surface area contributed by atoms with Crippen LogP contribution in [0.5, 0.6) is 0 Å². The number of H-pyrrole nitrogens is 1. The average molecular weight is 301 g/mol. The van der Waals surface area contributed by atoms with Gasteiger partial charge >= 0.3 is 0 Å². The van der Waals surface area contributed by atoms with Gasteiger partial charge in [-0.3, -0.25) is 5.10 Å². The third kappa shape index (κ3) is 2.93. The Morgan fingerprint density at radius 2 is 2.05 bits per heavy atom. The molecule has 1 aliphatic rings. The predicted octanol–water partition coefficient (Wildman–Crippen LogP) is 0.527. The highest BCUT2D eigenvalue weighted by molar-refractivity contribution is 7.89. The van der Waals surface area contributed by atoms with Crippen LogP contribution in [0.3, 0.4) is 0 Å². The molecule has 8 nitrogen and oxygen atoms in total. The molecule has 0 unspecified atom stereocenters. The number of rotatable bonds is 4. The molecule has 20 heavy (non-hydrogen) atoms. The molecule has 0 atom stereocenters. The summed E-state index contributed by atoms with van der Waals surface area (Å²) < 4.78 is 27.3. The quantitative estimate of drug-likeness (QED) is 0.211. The fourth-order valence-corrected chi connectivity index (χ4v) is 3.88. The van der Waals surface area contributed by atoms with Gasteiger partial charge in [-0.1, -0.05) is 30.8 Å². The van der Waals surface area contributed by atoms with Crippen molar-refractivity contribution in [1.29, 1.82) is 0 Å². The van der Waals surface area contributed by atoms with E-state index in [9.17, 15) is 8.42 Å². The Balaban J connectivity index is 2.33. The molecule has 1 aliphatic carbocycles. The van der Waals surface area contributed by atoms with E-state index in [2.05, 4.69) is 20.1 Å². The first-order valence-corrected chi connectivity index (χ1v) is 7.99. The van der Waals surface area contributed by atoms with Gasteiger partial charge in [-0.15, -0.1) is 0 Å². The van der Waals surface area contributed by atoms with Gasteiger partial charge in [0.1, 0.15) is 4.90 Å². The zero-order valence-electron chi connectivity index (χ0n) is 11.0. The molecule has 1 heterocycles. The first-order chi connectivity index (χ1) is 9.50. The summed E-state index contributed by atoms with van der Waals surface area (Å²) in [6, 6.07) is 0. The Labute approximate surface area is 117 Å². The van der Waals surface area contributed by atoms with Crippen LogP contribution in [-0.2, 0) is 10.0 Å². The van der Waals surface area contributed by atoms with Crippen LogP contribution in [0.1, 0.15) is 38.5 Å². The topological polar surface area (TPSA) is 133 Å². The minimum Gasteiger partial charge on any atom is -0.409 e. The van der Waals surface area contributed by atoms with Crippen LogP contribution in [0.15, 0.2) is 22.4 Å². The minimum atomic E-state index is -3.76. The van der Waals surface area contributed by atoms with E-state index >= 15 is 0 Å². The van der Waals surface area contributed by atoms with Crippen molar-refractivity contribution in [3.63, 3.8) is 0 Å². The largest absolute Gasteiger partial charge is 0.409 e. The first kappa shape index (κ1) is 14.8. The van der Waals surface area contributed by atoms with Gasteiger partial charge in [0.05, 0.1) is 11.7 Å². The van der Waals surface area contributed by atoms with E-state index in [1.807, 2.05) is 0 Å². The van der Waals surface area contributed by atoms with E-state index in [0.717, 1.165) is 25.7 Å². The summed E-state index contributed by atoms with van der Waals surface area (Å²) in [5, 5.41) is 18.1. The molecule has 1 aromatic heterocycles. The Kier molecular flexibility index (Phi) is 4.29. The van der Waals surface area contributed by atoms with Crippen molar-refractivity contribution in [3.8, 4) is 0 Å². The molecule has 9 heteroatoms. The van der Waals surface area contributed by atoms with Crippen molar-refractivity contribution in [2.75, 3.05) is 0 Å². The highest BCUT2D eigenvalue weighted by Crippen LogP contribution is 2.29. The lowest BCUT2D eigenvalue weighted by Crippen LogP contribution is -2.57. The molecule has 0 saturated heterocycles. The molecule has 1 fully saturated rings. The Hall–Kier alpha value is -1.61. The van der Waals surface area contributed by atoms with E-state index in [4.69, 9.17) is 10.9 Å². The second kappa shape index (κ2) is 5.80. The fraction of sp³-hybridized carbons (Fsp3) is 0.636. The second-order valence-corrected chi connectivity index (χ2v) is 6.70. The SMILES string of the molecule is N/C(=N/O)C1(NS(=O)(=O)c2cn[nH]c2)CCCCCC1.